The second kappa shape index (κ2) is 7.91. The van der Waals surface area contributed by atoms with Crippen LogP contribution in [0, 0.1) is 6.92 Å². The number of ether oxygens (including phenoxy) is 1. The number of nitrogens with one attached hydrogen (secondary N) is 2. The Morgan fingerprint density at radius 3 is 2.07 bits per heavy atom. The van der Waals surface area contributed by atoms with E-state index in [2.05, 4.69) is 9.97 Å². The standard InChI is InChI=1S/C19H21N3O5S/c1-3-22(12-17-18(23)21-19(24)20-17)28(25,26)16-10-8-15(9-11-16)27-14-6-4-13(2)5-7-14/h4-11,23H,3,12H2,1-2H3,(H2,20,21,24). The predicted molar refractivity (Wildman–Crippen MR) is 104 cm³/mol. The van der Waals surface area contributed by atoms with E-state index in [9.17, 15) is 18.3 Å². The number of hydrogen-bond donors (Lipinski definition) is 3. The van der Waals surface area contributed by atoms with Gasteiger partial charge < -0.3 is 14.8 Å². The number of hydrogen-bond acceptors (Lipinski definition) is 5. The van der Waals surface area contributed by atoms with Crippen LogP contribution in [0.2, 0.25) is 0 Å². The molecule has 3 N–H and O–H groups in total. The number of H-pyrrole nitrogens is 2. The molecule has 0 spiro atoms. The van der Waals surface area contributed by atoms with Crippen LogP contribution in [-0.4, -0.2) is 34.3 Å². The van der Waals surface area contributed by atoms with E-state index in [1.165, 1.54) is 12.1 Å². The highest BCUT2D eigenvalue weighted by Gasteiger charge is 2.25. The number of aryl methyl sites for hydroxylation is 1. The van der Waals surface area contributed by atoms with E-state index in [1.54, 1.807) is 19.1 Å². The Hall–Kier alpha value is -3.04. The lowest BCUT2D eigenvalue weighted by Crippen LogP contribution is -2.30. The van der Waals surface area contributed by atoms with Crippen LogP contribution in [0.5, 0.6) is 17.4 Å². The van der Waals surface area contributed by atoms with Gasteiger partial charge >= 0.3 is 5.69 Å². The molecule has 148 valence electrons. The zero-order chi connectivity index (χ0) is 20.3. The Morgan fingerprint density at radius 2 is 1.57 bits per heavy atom. The zero-order valence-corrected chi connectivity index (χ0v) is 16.3. The van der Waals surface area contributed by atoms with Gasteiger partial charge in [0.25, 0.3) is 0 Å². The Kier molecular flexibility index (Phi) is 5.57. The molecule has 0 aliphatic carbocycles. The van der Waals surface area contributed by atoms with Gasteiger partial charge in [-0.1, -0.05) is 24.6 Å². The van der Waals surface area contributed by atoms with Gasteiger partial charge in [0, 0.05) is 6.54 Å². The topological polar surface area (TPSA) is 115 Å². The first-order valence-electron chi connectivity index (χ1n) is 8.64. The summed E-state index contributed by atoms with van der Waals surface area (Å²) in [6, 6.07) is 13.6. The van der Waals surface area contributed by atoms with Crippen LogP contribution >= 0.6 is 0 Å². The Bertz CT molecular complexity index is 1100. The third-order valence-corrected chi connectivity index (χ3v) is 6.12. The molecule has 0 saturated heterocycles. The molecule has 0 bridgehead atoms. The molecule has 9 heteroatoms. The third-order valence-electron chi connectivity index (χ3n) is 4.19. The largest absolute Gasteiger partial charge is 0.493 e. The summed E-state index contributed by atoms with van der Waals surface area (Å²) in [4.78, 5) is 15.9. The van der Waals surface area contributed by atoms with Crippen molar-refractivity contribution in [3.8, 4) is 17.4 Å². The summed E-state index contributed by atoms with van der Waals surface area (Å²) in [5.41, 5.74) is 0.622. The lowest BCUT2D eigenvalue weighted by Gasteiger charge is -2.20. The molecule has 0 atom stereocenters. The van der Waals surface area contributed by atoms with Gasteiger partial charge in [-0.25, -0.2) is 13.2 Å². The molecule has 0 saturated carbocycles. The summed E-state index contributed by atoms with van der Waals surface area (Å²) in [5.74, 6) is 0.794. The zero-order valence-electron chi connectivity index (χ0n) is 15.5. The van der Waals surface area contributed by atoms with Crippen LogP contribution in [0.25, 0.3) is 0 Å². The second-order valence-corrected chi connectivity index (χ2v) is 8.16. The fourth-order valence-electron chi connectivity index (χ4n) is 2.64. The highest BCUT2D eigenvalue weighted by molar-refractivity contribution is 7.89. The van der Waals surface area contributed by atoms with Crippen molar-refractivity contribution >= 4 is 10.0 Å². The summed E-state index contributed by atoms with van der Waals surface area (Å²) in [5, 5.41) is 9.68. The van der Waals surface area contributed by atoms with Crippen LogP contribution in [0.15, 0.2) is 58.2 Å². The average Bonchev–Trinajstić information content (AvgIpc) is 2.99. The van der Waals surface area contributed by atoms with Gasteiger partial charge in [-0.15, -0.1) is 0 Å². The van der Waals surface area contributed by atoms with Crippen molar-refractivity contribution in [3.63, 3.8) is 0 Å². The van der Waals surface area contributed by atoms with E-state index >= 15 is 0 Å². The van der Waals surface area contributed by atoms with Crippen LogP contribution in [0.4, 0.5) is 0 Å². The van der Waals surface area contributed by atoms with Crippen LogP contribution < -0.4 is 10.4 Å². The fraction of sp³-hybridized carbons (Fsp3) is 0.211. The van der Waals surface area contributed by atoms with Crippen molar-refractivity contribution in [3.05, 3.63) is 70.3 Å². The molecule has 0 aliphatic heterocycles. The van der Waals surface area contributed by atoms with Gasteiger partial charge in [-0.2, -0.15) is 4.31 Å². The highest BCUT2D eigenvalue weighted by Crippen LogP contribution is 2.25. The Labute approximate surface area is 162 Å². The van der Waals surface area contributed by atoms with E-state index in [-0.39, 0.29) is 29.6 Å². The second-order valence-electron chi connectivity index (χ2n) is 6.22. The van der Waals surface area contributed by atoms with Crippen LogP contribution in [0.1, 0.15) is 18.2 Å². The minimum absolute atomic E-state index is 0.0861. The summed E-state index contributed by atoms with van der Waals surface area (Å²) in [6.45, 7) is 3.65. The number of rotatable bonds is 7. The van der Waals surface area contributed by atoms with Crippen LogP contribution in [-0.2, 0) is 16.6 Å². The minimum atomic E-state index is -3.82. The molecule has 0 unspecified atom stereocenters. The van der Waals surface area contributed by atoms with E-state index < -0.39 is 15.7 Å². The van der Waals surface area contributed by atoms with Gasteiger partial charge in [0.15, 0.2) is 0 Å². The van der Waals surface area contributed by atoms with Gasteiger partial charge in [0.2, 0.25) is 15.9 Å². The molecule has 28 heavy (non-hydrogen) atoms. The average molecular weight is 403 g/mol. The van der Waals surface area contributed by atoms with Crippen molar-refractivity contribution in [2.75, 3.05) is 6.54 Å². The first kappa shape index (κ1) is 19.7. The van der Waals surface area contributed by atoms with E-state index in [1.807, 2.05) is 31.2 Å². The van der Waals surface area contributed by atoms with Crippen molar-refractivity contribution in [1.29, 1.82) is 0 Å². The SMILES string of the molecule is CCN(Cc1[nH]c(=O)[nH]c1O)S(=O)(=O)c1ccc(Oc2ccc(C)cc2)cc1. The summed E-state index contributed by atoms with van der Waals surface area (Å²) < 4.78 is 32.7. The predicted octanol–water partition coefficient (Wildman–Crippen LogP) is 2.72. The number of aromatic nitrogens is 2. The maximum atomic E-state index is 12.9. The Morgan fingerprint density at radius 1 is 1.00 bits per heavy atom. The van der Waals surface area contributed by atoms with Crippen LogP contribution in [0.3, 0.4) is 0 Å². The summed E-state index contributed by atoms with van der Waals surface area (Å²) in [7, 11) is -3.82. The van der Waals surface area contributed by atoms with Crippen molar-refractivity contribution in [2.24, 2.45) is 0 Å². The summed E-state index contributed by atoms with van der Waals surface area (Å²) in [6.07, 6.45) is 0. The quantitative estimate of drug-likeness (QED) is 0.561. The van der Waals surface area contributed by atoms with E-state index in [0.717, 1.165) is 9.87 Å². The van der Waals surface area contributed by atoms with Gasteiger partial charge in [0.05, 0.1) is 17.1 Å². The van der Waals surface area contributed by atoms with Crippen molar-refractivity contribution < 1.29 is 18.3 Å². The first-order valence-corrected chi connectivity index (χ1v) is 10.1. The lowest BCUT2D eigenvalue weighted by molar-refractivity contribution is 0.398. The number of aromatic amines is 2. The summed E-state index contributed by atoms with van der Waals surface area (Å²) >= 11 is 0. The molecule has 0 aliphatic rings. The number of nitrogens with zero attached hydrogens (tertiary/aromatic N) is 1. The molecule has 1 heterocycles. The van der Waals surface area contributed by atoms with Gasteiger partial charge in [0.1, 0.15) is 11.5 Å². The van der Waals surface area contributed by atoms with Crippen molar-refractivity contribution in [1.82, 2.24) is 14.3 Å². The molecule has 0 fully saturated rings. The highest BCUT2D eigenvalue weighted by atomic mass is 32.2. The minimum Gasteiger partial charge on any atom is -0.493 e. The first-order chi connectivity index (χ1) is 13.3. The van der Waals surface area contributed by atoms with Gasteiger partial charge in [-0.05, 0) is 43.3 Å². The lowest BCUT2D eigenvalue weighted by atomic mass is 10.2. The maximum Gasteiger partial charge on any atom is 0.326 e. The molecule has 8 nitrogen and oxygen atoms in total. The number of aromatic hydroxyl groups is 1. The molecule has 2 aromatic carbocycles. The number of sulfonamides is 1. The molecule has 3 rings (SSSR count). The molecular formula is C19H21N3O5S. The smallest absolute Gasteiger partial charge is 0.326 e. The monoisotopic (exact) mass is 403 g/mol. The van der Waals surface area contributed by atoms with E-state index in [4.69, 9.17) is 4.74 Å². The molecular weight excluding hydrogens is 382 g/mol. The molecule has 0 amide bonds. The fourth-order valence-corrected chi connectivity index (χ4v) is 4.06. The molecule has 1 aromatic heterocycles. The Balaban J connectivity index is 1.79. The normalized spacial score (nSPS) is 11.7. The molecule has 3 aromatic rings. The third kappa shape index (κ3) is 4.26. The van der Waals surface area contributed by atoms with E-state index in [0.29, 0.717) is 11.5 Å². The van der Waals surface area contributed by atoms with Crippen molar-refractivity contribution in [2.45, 2.75) is 25.3 Å². The maximum absolute atomic E-state index is 12.9. The van der Waals surface area contributed by atoms with Gasteiger partial charge in [-0.3, -0.25) is 4.98 Å². The number of benzene rings is 2. The number of imidazole rings is 1. The molecule has 0 radical (unpaired) electrons.